The molecule has 0 bridgehead atoms. The Bertz CT molecular complexity index is 1300. The van der Waals surface area contributed by atoms with Crippen molar-refractivity contribution < 1.29 is 0 Å². The number of H-pyrrole nitrogens is 2. The molecule has 0 aliphatic carbocycles. The number of piperidine rings is 1. The van der Waals surface area contributed by atoms with Gasteiger partial charge in [0, 0.05) is 34.2 Å². The van der Waals surface area contributed by atoms with Gasteiger partial charge in [0.2, 0.25) is 0 Å². The number of hydrogen-bond acceptors (Lipinski definition) is 3. The molecule has 5 nitrogen and oxygen atoms in total. The van der Waals surface area contributed by atoms with Crippen molar-refractivity contribution in [2.75, 3.05) is 19.6 Å². The second kappa shape index (κ2) is 8.30. The highest BCUT2D eigenvalue weighted by Gasteiger charge is 2.22. The summed E-state index contributed by atoms with van der Waals surface area (Å²) < 4.78 is 0. The Kier molecular flexibility index (Phi) is 5.20. The topological polar surface area (TPSA) is 82.4 Å². The first kappa shape index (κ1) is 19.4. The Labute approximate surface area is 181 Å². The second-order valence-electron chi connectivity index (χ2n) is 8.52. The average Bonchev–Trinajstić information content (AvgIpc) is 3.43. The molecule has 0 unspecified atom stereocenters. The highest BCUT2D eigenvalue weighted by molar-refractivity contribution is 5.85. The minimum absolute atomic E-state index is 0.553. The third-order valence-electron chi connectivity index (χ3n) is 6.69. The minimum atomic E-state index is 0.553. The van der Waals surface area contributed by atoms with Gasteiger partial charge in [0.15, 0.2) is 0 Å². The first-order chi connectivity index (χ1) is 15.2. The van der Waals surface area contributed by atoms with Crippen LogP contribution in [0, 0.1) is 22.7 Å². The molecule has 0 atom stereocenters. The smallest absolute Gasteiger partial charge is 0.0991 e. The normalized spacial score (nSPS) is 15.3. The number of aromatic amines is 2. The maximum atomic E-state index is 9.22. The standard InChI is InChI=1S/C26H25N5/c27-14-18-3-5-25-22(12-18)21(16-29-25)2-1-9-31-10-7-20(8-11-31)24-17-30-26-6-4-19(15-28)13-23(24)26/h3-6,12-13,16-17,20,29-30H,1-2,7-11H2. The summed E-state index contributed by atoms with van der Waals surface area (Å²) >= 11 is 0. The quantitative estimate of drug-likeness (QED) is 0.477. The molecule has 2 N–H and O–H groups in total. The molecule has 2 aromatic carbocycles. The largest absolute Gasteiger partial charge is 0.361 e. The summed E-state index contributed by atoms with van der Waals surface area (Å²) in [6.07, 6.45) is 8.68. The lowest BCUT2D eigenvalue weighted by atomic mass is 9.89. The van der Waals surface area contributed by atoms with E-state index >= 15 is 0 Å². The zero-order valence-corrected chi connectivity index (χ0v) is 17.5. The summed E-state index contributed by atoms with van der Waals surface area (Å²) in [7, 11) is 0. The Morgan fingerprint density at radius 3 is 2.23 bits per heavy atom. The van der Waals surface area contributed by atoms with Crippen LogP contribution in [0.15, 0.2) is 48.8 Å². The van der Waals surface area contributed by atoms with E-state index in [0.717, 1.165) is 67.5 Å². The predicted octanol–water partition coefficient (Wildman–Crippen LogP) is 5.20. The van der Waals surface area contributed by atoms with Crippen molar-refractivity contribution in [3.05, 3.63) is 71.0 Å². The average molecular weight is 408 g/mol. The van der Waals surface area contributed by atoms with Crippen LogP contribution in [-0.2, 0) is 6.42 Å². The van der Waals surface area contributed by atoms with Gasteiger partial charge in [0.25, 0.3) is 0 Å². The van der Waals surface area contributed by atoms with E-state index in [1.165, 1.54) is 21.9 Å². The maximum Gasteiger partial charge on any atom is 0.0991 e. The number of fused-ring (bicyclic) bond motifs is 2. The maximum absolute atomic E-state index is 9.22. The van der Waals surface area contributed by atoms with Crippen LogP contribution in [0.4, 0.5) is 0 Å². The van der Waals surface area contributed by atoms with Crippen molar-refractivity contribution >= 4 is 21.8 Å². The fourth-order valence-electron chi connectivity index (χ4n) is 4.96. The molecule has 0 radical (unpaired) electrons. The Morgan fingerprint density at radius 2 is 1.52 bits per heavy atom. The van der Waals surface area contributed by atoms with Crippen LogP contribution in [0.25, 0.3) is 21.8 Å². The molecule has 0 amide bonds. The van der Waals surface area contributed by atoms with Gasteiger partial charge in [-0.2, -0.15) is 10.5 Å². The number of aromatic nitrogens is 2. The van der Waals surface area contributed by atoms with Crippen molar-refractivity contribution in [3.8, 4) is 12.1 Å². The highest BCUT2D eigenvalue weighted by atomic mass is 15.1. The molecule has 1 aliphatic rings. The van der Waals surface area contributed by atoms with Gasteiger partial charge < -0.3 is 14.9 Å². The highest BCUT2D eigenvalue weighted by Crippen LogP contribution is 2.33. The van der Waals surface area contributed by atoms with E-state index in [4.69, 9.17) is 5.26 Å². The van der Waals surface area contributed by atoms with E-state index in [2.05, 4.69) is 39.4 Å². The molecule has 31 heavy (non-hydrogen) atoms. The van der Waals surface area contributed by atoms with Gasteiger partial charge in [-0.25, -0.2) is 0 Å². The Hall–Kier alpha value is -3.54. The Balaban J connectivity index is 1.18. The van der Waals surface area contributed by atoms with Crippen LogP contribution in [0.5, 0.6) is 0 Å². The molecule has 1 aliphatic heterocycles. The van der Waals surface area contributed by atoms with Crippen LogP contribution in [0.3, 0.4) is 0 Å². The molecule has 4 aromatic rings. The van der Waals surface area contributed by atoms with Crippen molar-refractivity contribution in [3.63, 3.8) is 0 Å². The van der Waals surface area contributed by atoms with Gasteiger partial charge in [0.1, 0.15) is 0 Å². The SMILES string of the molecule is N#Cc1ccc2[nH]cc(CCCN3CCC(c4c[nH]c5ccc(C#N)cc45)CC3)c2c1. The van der Waals surface area contributed by atoms with Crippen LogP contribution < -0.4 is 0 Å². The van der Waals surface area contributed by atoms with Gasteiger partial charge >= 0.3 is 0 Å². The van der Waals surface area contributed by atoms with Gasteiger partial charge in [-0.3, -0.25) is 0 Å². The van der Waals surface area contributed by atoms with Crippen molar-refractivity contribution in [2.45, 2.75) is 31.6 Å². The van der Waals surface area contributed by atoms with Gasteiger partial charge in [-0.1, -0.05) is 0 Å². The molecular formula is C26H25N5. The van der Waals surface area contributed by atoms with Crippen LogP contribution in [0.2, 0.25) is 0 Å². The zero-order chi connectivity index (χ0) is 21.2. The van der Waals surface area contributed by atoms with E-state index in [1.807, 2.05) is 36.4 Å². The van der Waals surface area contributed by atoms with Crippen molar-refractivity contribution in [1.82, 2.24) is 14.9 Å². The number of hydrogen-bond donors (Lipinski definition) is 2. The van der Waals surface area contributed by atoms with Crippen LogP contribution >= 0.6 is 0 Å². The molecule has 1 saturated heterocycles. The summed E-state index contributed by atoms with van der Waals surface area (Å²) in [5, 5.41) is 20.8. The number of aryl methyl sites for hydroxylation is 1. The van der Waals surface area contributed by atoms with E-state index in [9.17, 15) is 5.26 Å². The summed E-state index contributed by atoms with van der Waals surface area (Å²) in [5.41, 5.74) is 6.33. The lowest BCUT2D eigenvalue weighted by molar-refractivity contribution is 0.211. The summed E-state index contributed by atoms with van der Waals surface area (Å²) in [4.78, 5) is 9.27. The van der Waals surface area contributed by atoms with Gasteiger partial charge in [-0.15, -0.1) is 0 Å². The predicted molar refractivity (Wildman–Crippen MR) is 123 cm³/mol. The lowest BCUT2D eigenvalue weighted by Gasteiger charge is -2.32. The van der Waals surface area contributed by atoms with E-state index in [-0.39, 0.29) is 0 Å². The fourth-order valence-corrected chi connectivity index (χ4v) is 4.96. The zero-order valence-electron chi connectivity index (χ0n) is 17.5. The molecule has 1 fully saturated rings. The monoisotopic (exact) mass is 407 g/mol. The number of nitrogens with one attached hydrogen (secondary N) is 2. The summed E-state index contributed by atoms with van der Waals surface area (Å²) in [6.45, 7) is 3.33. The van der Waals surface area contributed by atoms with Crippen molar-refractivity contribution in [2.24, 2.45) is 0 Å². The summed E-state index contributed by atoms with van der Waals surface area (Å²) in [5.74, 6) is 0.553. The van der Waals surface area contributed by atoms with Gasteiger partial charge in [0.05, 0.1) is 23.3 Å². The molecule has 0 saturated carbocycles. The third-order valence-corrected chi connectivity index (χ3v) is 6.69. The number of likely N-dealkylation sites (tertiary alicyclic amines) is 1. The molecular weight excluding hydrogens is 382 g/mol. The molecule has 5 heteroatoms. The number of nitrogens with zero attached hydrogens (tertiary/aromatic N) is 3. The van der Waals surface area contributed by atoms with Crippen molar-refractivity contribution in [1.29, 1.82) is 10.5 Å². The number of rotatable bonds is 5. The van der Waals surface area contributed by atoms with Gasteiger partial charge in [-0.05, 0) is 98.8 Å². The molecule has 3 heterocycles. The second-order valence-corrected chi connectivity index (χ2v) is 8.52. The third kappa shape index (κ3) is 3.81. The van der Waals surface area contributed by atoms with E-state index in [1.54, 1.807) is 0 Å². The first-order valence-corrected chi connectivity index (χ1v) is 11.0. The Morgan fingerprint density at radius 1 is 0.871 bits per heavy atom. The van der Waals surface area contributed by atoms with Crippen LogP contribution in [0.1, 0.15) is 47.4 Å². The minimum Gasteiger partial charge on any atom is -0.361 e. The number of nitriles is 2. The van der Waals surface area contributed by atoms with E-state index in [0.29, 0.717) is 5.92 Å². The molecule has 5 rings (SSSR count). The van der Waals surface area contributed by atoms with E-state index < -0.39 is 0 Å². The number of benzene rings is 2. The first-order valence-electron chi connectivity index (χ1n) is 11.0. The lowest BCUT2D eigenvalue weighted by Crippen LogP contribution is -2.33. The molecule has 0 spiro atoms. The fraction of sp³-hybridized carbons (Fsp3) is 0.308. The molecule has 154 valence electrons. The van der Waals surface area contributed by atoms with Crippen LogP contribution in [-0.4, -0.2) is 34.5 Å². The summed E-state index contributed by atoms with van der Waals surface area (Å²) in [6, 6.07) is 16.2. The molecule has 2 aromatic heterocycles.